The summed E-state index contributed by atoms with van der Waals surface area (Å²) in [5, 5.41) is 3.20. The maximum atomic E-state index is 11.9. The van der Waals surface area contributed by atoms with Crippen LogP contribution in [0, 0.1) is 5.92 Å². The molecular weight excluding hydrogens is 248 g/mol. The van der Waals surface area contributed by atoms with Gasteiger partial charge in [-0.3, -0.25) is 4.79 Å². The number of nitrogens with zero attached hydrogens (tertiary/aromatic N) is 1. The lowest BCUT2D eigenvalue weighted by molar-refractivity contribution is -0.130. The Hall–Kier alpha value is -0.280. The molecule has 1 atom stereocenters. The highest BCUT2D eigenvalue weighted by Gasteiger charge is 2.14. The van der Waals surface area contributed by atoms with E-state index in [0.717, 1.165) is 13.0 Å². The van der Waals surface area contributed by atoms with E-state index >= 15 is 0 Å². The lowest BCUT2D eigenvalue weighted by Crippen LogP contribution is -2.41. The molecule has 0 fully saturated rings. The van der Waals surface area contributed by atoms with E-state index in [9.17, 15) is 4.79 Å². The molecule has 0 heterocycles. The first-order valence-corrected chi connectivity index (χ1v) is 6.95. The number of unbranched alkanes of at least 4 members (excludes halogenated alkanes) is 2. The molecule has 0 saturated heterocycles. The predicted molar refractivity (Wildman–Crippen MR) is 81.3 cm³/mol. The van der Waals surface area contributed by atoms with Crippen LogP contribution in [0.15, 0.2) is 0 Å². The molecule has 0 rings (SSSR count). The molecule has 0 saturated carbocycles. The molecule has 18 heavy (non-hydrogen) atoms. The van der Waals surface area contributed by atoms with Crippen LogP contribution in [0.2, 0.25) is 0 Å². The number of amides is 1. The van der Waals surface area contributed by atoms with Gasteiger partial charge in [0.25, 0.3) is 0 Å². The summed E-state index contributed by atoms with van der Waals surface area (Å²) >= 11 is 0. The van der Waals surface area contributed by atoms with Crippen LogP contribution in [-0.2, 0) is 4.79 Å². The molecule has 110 valence electrons. The van der Waals surface area contributed by atoms with Gasteiger partial charge in [0.1, 0.15) is 0 Å². The van der Waals surface area contributed by atoms with E-state index in [1.54, 1.807) is 0 Å². The third-order valence-electron chi connectivity index (χ3n) is 3.11. The quantitative estimate of drug-likeness (QED) is 0.658. The van der Waals surface area contributed by atoms with E-state index in [2.05, 4.69) is 33.0 Å². The molecule has 0 aromatic carbocycles. The molecule has 1 unspecified atom stereocenters. The van der Waals surface area contributed by atoms with Crippen molar-refractivity contribution in [3.05, 3.63) is 0 Å². The van der Waals surface area contributed by atoms with Gasteiger partial charge in [-0.15, -0.1) is 12.4 Å². The van der Waals surface area contributed by atoms with Crippen molar-refractivity contribution in [3.8, 4) is 0 Å². The summed E-state index contributed by atoms with van der Waals surface area (Å²) in [6.45, 7) is 10.0. The third kappa shape index (κ3) is 9.72. The van der Waals surface area contributed by atoms with Gasteiger partial charge in [0.15, 0.2) is 0 Å². The number of likely N-dealkylation sites (N-methyl/N-ethyl adjacent to an activating group) is 1. The second kappa shape index (κ2) is 11.8. The number of nitrogens with one attached hydrogen (secondary N) is 1. The van der Waals surface area contributed by atoms with Crippen molar-refractivity contribution < 1.29 is 4.79 Å². The summed E-state index contributed by atoms with van der Waals surface area (Å²) < 4.78 is 0. The van der Waals surface area contributed by atoms with Gasteiger partial charge in [0.2, 0.25) is 5.91 Å². The molecule has 3 nitrogen and oxygen atoms in total. The second-order valence-electron chi connectivity index (χ2n) is 5.37. The normalized spacial score (nSPS) is 12.1. The Kier molecular flexibility index (Phi) is 13.1. The van der Waals surface area contributed by atoms with E-state index in [0.29, 0.717) is 18.5 Å². The predicted octanol–water partition coefficient (Wildman–Crippen LogP) is 3.08. The average molecular weight is 279 g/mol. The Balaban J connectivity index is 0. The highest BCUT2D eigenvalue weighted by atomic mass is 35.5. The lowest BCUT2D eigenvalue weighted by Gasteiger charge is -2.25. The maximum absolute atomic E-state index is 11.9. The van der Waals surface area contributed by atoms with Crippen LogP contribution in [0.25, 0.3) is 0 Å². The van der Waals surface area contributed by atoms with E-state index in [4.69, 9.17) is 0 Å². The second-order valence-corrected chi connectivity index (χ2v) is 5.37. The number of rotatable bonds is 9. The molecule has 4 heteroatoms. The zero-order valence-corrected chi connectivity index (χ0v) is 13.5. The van der Waals surface area contributed by atoms with E-state index < -0.39 is 0 Å². The lowest BCUT2D eigenvalue weighted by atomic mass is 10.1. The average Bonchev–Trinajstić information content (AvgIpc) is 2.27. The van der Waals surface area contributed by atoms with Gasteiger partial charge >= 0.3 is 0 Å². The standard InChI is InChI=1S/C14H30N2O.ClH/c1-6-7-8-9-13(4)16(5)14(17)11-15-10-12(2)3;/h12-13,15H,6-11H2,1-5H3;1H. The Morgan fingerprint density at radius 3 is 2.33 bits per heavy atom. The van der Waals surface area contributed by atoms with E-state index in [-0.39, 0.29) is 18.3 Å². The summed E-state index contributed by atoms with van der Waals surface area (Å²) in [7, 11) is 1.91. The first-order chi connectivity index (χ1) is 7.99. The summed E-state index contributed by atoms with van der Waals surface area (Å²) in [4.78, 5) is 13.7. The zero-order chi connectivity index (χ0) is 13.3. The molecule has 0 bridgehead atoms. The summed E-state index contributed by atoms with van der Waals surface area (Å²) in [6, 6.07) is 0.356. The summed E-state index contributed by atoms with van der Waals surface area (Å²) in [5.41, 5.74) is 0. The molecule has 0 aliphatic rings. The first-order valence-electron chi connectivity index (χ1n) is 6.95. The molecule has 0 aromatic heterocycles. The molecule has 0 aliphatic heterocycles. The Labute approximate surface area is 119 Å². The van der Waals surface area contributed by atoms with Gasteiger partial charge in [-0.1, -0.05) is 40.0 Å². The van der Waals surface area contributed by atoms with Crippen LogP contribution in [0.4, 0.5) is 0 Å². The fourth-order valence-corrected chi connectivity index (χ4v) is 1.72. The molecule has 0 spiro atoms. The van der Waals surface area contributed by atoms with Crippen LogP contribution < -0.4 is 5.32 Å². The minimum absolute atomic E-state index is 0. The van der Waals surface area contributed by atoms with Crippen molar-refractivity contribution in [1.29, 1.82) is 0 Å². The smallest absolute Gasteiger partial charge is 0.236 e. The van der Waals surface area contributed by atoms with Gasteiger partial charge in [0, 0.05) is 13.1 Å². The van der Waals surface area contributed by atoms with Gasteiger partial charge < -0.3 is 10.2 Å². The van der Waals surface area contributed by atoms with Crippen molar-refractivity contribution in [2.24, 2.45) is 5.92 Å². The minimum Gasteiger partial charge on any atom is -0.342 e. The molecule has 0 aromatic rings. The monoisotopic (exact) mass is 278 g/mol. The molecule has 1 N–H and O–H groups in total. The summed E-state index contributed by atoms with van der Waals surface area (Å²) in [5.74, 6) is 0.796. The van der Waals surface area contributed by atoms with Crippen molar-refractivity contribution >= 4 is 18.3 Å². The largest absolute Gasteiger partial charge is 0.342 e. The van der Waals surface area contributed by atoms with Crippen molar-refractivity contribution in [3.63, 3.8) is 0 Å². The SMILES string of the molecule is CCCCCC(C)N(C)C(=O)CNCC(C)C.Cl. The van der Waals surface area contributed by atoms with Gasteiger partial charge in [-0.2, -0.15) is 0 Å². The highest BCUT2D eigenvalue weighted by molar-refractivity contribution is 5.85. The van der Waals surface area contributed by atoms with Crippen LogP contribution in [0.1, 0.15) is 53.4 Å². The molecule has 0 radical (unpaired) electrons. The highest BCUT2D eigenvalue weighted by Crippen LogP contribution is 2.08. The van der Waals surface area contributed by atoms with Crippen LogP contribution >= 0.6 is 12.4 Å². The van der Waals surface area contributed by atoms with Gasteiger partial charge in [-0.25, -0.2) is 0 Å². The Bertz CT molecular complexity index is 210. The first kappa shape index (κ1) is 20.0. The van der Waals surface area contributed by atoms with Crippen LogP contribution in [0.5, 0.6) is 0 Å². The molecule has 0 aliphatic carbocycles. The van der Waals surface area contributed by atoms with Crippen LogP contribution in [-0.4, -0.2) is 37.0 Å². The third-order valence-corrected chi connectivity index (χ3v) is 3.11. The van der Waals surface area contributed by atoms with E-state index in [1.807, 2.05) is 11.9 Å². The minimum atomic E-state index is 0. The van der Waals surface area contributed by atoms with Gasteiger partial charge in [-0.05, 0) is 25.8 Å². The van der Waals surface area contributed by atoms with Crippen molar-refractivity contribution in [2.45, 2.75) is 59.4 Å². The number of carbonyl (C=O) groups is 1. The maximum Gasteiger partial charge on any atom is 0.236 e. The van der Waals surface area contributed by atoms with E-state index in [1.165, 1.54) is 19.3 Å². The van der Waals surface area contributed by atoms with Crippen molar-refractivity contribution in [2.75, 3.05) is 20.1 Å². The molecule has 1 amide bonds. The fourth-order valence-electron chi connectivity index (χ4n) is 1.72. The topological polar surface area (TPSA) is 32.3 Å². The van der Waals surface area contributed by atoms with Crippen molar-refractivity contribution in [1.82, 2.24) is 10.2 Å². The zero-order valence-electron chi connectivity index (χ0n) is 12.7. The Morgan fingerprint density at radius 1 is 1.22 bits per heavy atom. The number of hydrogen-bond acceptors (Lipinski definition) is 2. The summed E-state index contributed by atoms with van der Waals surface area (Å²) in [6.07, 6.45) is 4.83. The number of hydrogen-bond donors (Lipinski definition) is 1. The van der Waals surface area contributed by atoms with Gasteiger partial charge in [0.05, 0.1) is 6.54 Å². The fraction of sp³-hybridized carbons (Fsp3) is 0.929. The number of carbonyl (C=O) groups excluding carboxylic acids is 1. The molecular formula is C14H31ClN2O. The Morgan fingerprint density at radius 2 is 1.83 bits per heavy atom. The van der Waals surface area contributed by atoms with Crippen LogP contribution in [0.3, 0.4) is 0 Å². The number of halogens is 1.